The molecular weight excluding hydrogens is 438 g/mol. The van der Waals surface area contributed by atoms with Crippen molar-refractivity contribution >= 4 is 40.7 Å². The fraction of sp³-hybridized carbons (Fsp3) is 0.185. The largest absolute Gasteiger partial charge is 0.294 e. The first kappa shape index (κ1) is 22.6. The van der Waals surface area contributed by atoms with Gasteiger partial charge in [0.2, 0.25) is 0 Å². The van der Waals surface area contributed by atoms with Gasteiger partial charge in [-0.25, -0.2) is 4.90 Å². The Morgan fingerprint density at radius 2 is 1.48 bits per heavy atom. The summed E-state index contributed by atoms with van der Waals surface area (Å²) >= 11 is 6.17. The Kier molecular flexibility index (Phi) is 6.00. The van der Waals surface area contributed by atoms with Gasteiger partial charge in [0.05, 0.1) is 16.8 Å². The van der Waals surface area contributed by atoms with Crippen LogP contribution in [-0.4, -0.2) is 23.4 Å². The van der Waals surface area contributed by atoms with Crippen molar-refractivity contribution in [3.63, 3.8) is 0 Å². The number of hydrogen-bond donors (Lipinski definition) is 0. The molecule has 1 unspecified atom stereocenters. The monoisotopic (exact) mass is 459 g/mol. The number of benzene rings is 3. The van der Waals surface area contributed by atoms with E-state index in [0.717, 1.165) is 16.0 Å². The molecule has 1 atom stereocenters. The van der Waals surface area contributed by atoms with Crippen molar-refractivity contribution in [1.82, 2.24) is 0 Å². The van der Waals surface area contributed by atoms with Crippen LogP contribution in [0.15, 0.2) is 60.7 Å². The second-order valence-electron chi connectivity index (χ2n) is 8.40. The molecule has 0 fully saturated rings. The number of halogens is 1. The van der Waals surface area contributed by atoms with Crippen LogP contribution in [0.3, 0.4) is 0 Å². The van der Waals surface area contributed by atoms with Crippen LogP contribution in [-0.2, 0) is 0 Å². The Hall–Kier alpha value is -3.57. The lowest BCUT2D eigenvalue weighted by atomic mass is 9.91. The van der Waals surface area contributed by atoms with Gasteiger partial charge in [0.1, 0.15) is 0 Å². The molecule has 0 aliphatic carbocycles. The normalized spacial score (nSPS) is 13.8. The number of hydrogen-bond acceptors (Lipinski definition) is 4. The van der Waals surface area contributed by atoms with Gasteiger partial charge in [0.25, 0.3) is 11.8 Å². The van der Waals surface area contributed by atoms with Gasteiger partial charge < -0.3 is 0 Å². The lowest BCUT2D eigenvalue weighted by molar-refractivity contribution is 0.0863. The highest BCUT2D eigenvalue weighted by molar-refractivity contribution is 6.36. The molecule has 0 N–H and O–H groups in total. The summed E-state index contributed by atoms with van der Waals surface area (Å²) in [6.07, 6.45) is 0.00488. The number of imide groups is 1. The van der Waals surface area contributed by atoms with Gasteiger partial charge in [-0.2, -0.15) is 0 Å². The van der Waals surface area contributed by atoms with E-state index in [1.807, 2.05) is 26.0 Å². The summed E-state index contributed by atoms with van der Waals surface area (Å²) in [5.41, 5.74) is 3.51. The van der Waals surface area contributed by atoms with Gasteiger partial charge >= 0.3 is 0 Å². The standard InChI is InChI=1S/C27H22ClNO4/c1-15-4-7-18(8-5-15)25(31)17(3)12-24(30)19-9-11-21-22(13-19)27(33)29(26(21)32)20-10-6-16(2)23(28)14-20/h4-11,13-14,17H,12H2,1-3H3. The van der Waals surface area contributed by atoms with Gasteiger partial charge in [-0.15, -0.1) is 0 Å². The van der Waals surface area contributed by atoms with Crippen molar-refractivity contribution in [1.29, 1.82) is 0 Å². The maximum absolute atomic E-state index is 13.0. The molecule has 4 rings (SSSR count). The highest BCUT2D eigenvalue weighted by Gasteiger charge is 2.37. The number of fused-ring (bicyclic) bond motifs is 1. The van der Waals surface area contributed by atoms with Crippen LogP contribution in [0.4, 0.5) is 5.69 Å². The van der Waals surface area contributed by atoms with Crippen LogP contribution < -0.4 is 4.90 Å². The zero-order valence-corrected chi connectivity index (χ0v) is 19.3. The minimum absolute atomic E-state index is 0.00488. The number of aryl methyl sites for hydroxylation is 2. The highest BCUT2D eigenvalue weighted by atomic mass is 35.5. The molecule has 1 heterocycles. The van der Waals surface area contributed by atoms with Crippen molar-refractivity contribution in [2.45, 2.75) is 27.2 Å². The van der Waals surface area contributed by atoms with Gasteiger partial charge in [0, 0.05) is 28.5 Å². The van der Waals surface area contributed by atoms with Gasteiger partial charge in [-0.1, -0.05) is 60.5 Å². The van der Waals surface area contributed by atoms with Crippen molar-refractivity contribution < 1.29 is 19.2 Å². The van der Waals surface area contributed by atoms with Crippen LogP contribution in [0.25, 0.3) is 0 Å². The van der Waals surface area contributed by atoms with Crippen LogP contribution in [0.5, 0.6) is 0 Å². The number of carbonyl (C=O) groups excluding carboxylic acids is 4. The molecular formula is C27H22ClNO4. The van der Waals surface area contributed by atoms with E-state index < -0.39 is 17.7 Å². The molecule has 1 aliphatic rings. The lowest BCUT2D eigenvalue weighted by Gasteiger charge is -2.14. The Labute approximate surface area is 197 Å². The number of nitrogens with zero attached hydrogens (tertiary/aromatic N) is 1. The van der Waals surface area contributed by atoms with Crippen LogP contribution in [0, 0.1) is 19.8 Å². The molecule has 0 bridgehead atoms. The summed E-state index contributed by atoms with van der Waals surface area (Å²) in [6.45, 7) is 5.48. The molecule has 0 spiro atoms. The lowest BCUT2D eigenvalue weighted by Crippen LogP contribution is -2.29. The first-order valence-electron chi connectivity index (χ1n) is 10.6. The fourth-order valence-corrected chi connectivity index (χ4v) is 4.04. The average Bonchev–Trinajstić information content (AvgIpc) is 3.05. The predicted octanol–water partition coefficient (Wildman–Crippen LogP) is 5.85. The van der Waals surface area contributed by atoms with E-state index in [-0.39, 0.29) is 29.1 Å². The Morgan fingerprint density at radius 3 is 2.15 bits per heavy atom. The predicted molar refractivity (Wildman–Crippen MR) is 127 cm³/mol. The summed E-state index contributed by atoms with van der Waals surface area (Å²) in [4.78, 5) is 52.5. The third-order valence-electron chi connectivity index (χ3n) is 5.90. The summed E-state index contributed by atoms with van der Waals surface area (Å²) in [5, 5.41) is 0.451. The topological polar surface area (TPSA) is 71.5 Å². The third-order valence-corrected chi connectivity index (χ3v) is 6.30. The van der Waals surface area contributed by atoms with Crippen LogP contribution in [0.2, 0.25) is 5.02 Å². The molecule has 166 valence electrons. The Balaban J connectivity index is 1.55. The van der Waals surface area contributed by atoms with Crippen molar-refractivity contribution in [3.8, 4) is 0 Å². The zero-order valence-electron chi connectivity index (χ0n) is 18.5. The molecule has 2 amide bonds. The summed E-state index contributed by atoms with van der Waals surface area (Å²) < 4.78 is 0. The molecule has 33 heavy (non-hydrogen) atoms. The van der Waals surface area contributed by atoms with Gasteiger partial charge in [0.15, 0.2) is 11.6 Å². The maximum atomic E-state index is 13.0. The minimum Gasteiger partial charge on any atom is -0.294 e. The number of ketones is 2. The quantitative estimate of drug-likeness (QED) is 0.342. The van der Waals surface area contributed by atoms with E-state index in [1.165, 1.54) is 18.2 Å². The number of carbonyl (C=O) groups is 4. The second-order valence-corrected chi connectivity index (χ2v) is 8.81. The second kappa shape index (κ2) is 8.75. The molecule has 1 aliphatic heterocycles. The van der Waals surface area contributed by atoms with Crippen LogP contribution >= 0.6 is 11.6 Å². The number of amides is 2. The van der Waals surface area contributed by atoms with Crippen molar-refractivity contribution in [3.05, 3.63) is 99.1 Å². The van der Waals surface area contributed by atoms with Crippen molar-refractivity contribution in [2.75, 3.05) is 4.90 Å². The van der Waals surface area contributed by atoms with E-state index in [9.17, 15) is 19.2 Å². The van der Waals surface area contributed by atoms with E-state index in [4.69, 9.17) is 11.6 Å². The minimum atomic E-state index is -0.517. The number of rotatable bonds is 6. The molecule has 0 saturated heterocycles. The van der Waals surface area contributed by atoms with E-state index in [0.29, 0.717) is 21.8 Å². The van der Waals surface area contributed by atoms with E-state index >= 15 is 0 Å². The third kappa shape index (κ3) is 4.24. The van der Waals surface area contributed by atoms with Gasteiger partial charge in [-0.3, -0.25) is 19.2 Å². The average molecular weight is 460 g/mol. The zero-order chi connectivity index (χ0) is 23.9. The summed E-state index contributed by atoms with van der Waals surface area (Å²) in [7, 11) is 0. The fourth-order valence-electron chi connectivity index (χ4n) is 3.86. The summed E-state index contributed by atoms with van der Waals surface area (Å²) in [5.74, 6) is -1.86. The maximum Gasteiger partial charge on any atom is 0.266 e. The van der Waals surface area contributed by atoms with E-state index in [2.05, 4.69) is 0 Å². The highest BCUT2D eigenvalue weighted by Crippen LogP contribution is 2.32. The van der Waals surface area contributed by atoms with Crippen LogP contribution in [0.1, 0.15) is 65.9 Å². The summed E-state index contributed by atoms with van der Waals surface area (Å²) in [6, 6.07) is 16.7. The first-order chi connectivity index (χ1) is 15.7. The first-order valence-corrected chi connectivity index (χ1v) is 11.0. The van der Waals surface area contributed by atoms with Gasteiger partial charge in [-0.05, 0) is 43.7 Å². The number of anilines is 1. The molecule has 3 aromatic rings. The Morgan fingerprint density at radius 1 is 0.848 bits per heavy atom. The molecule has 5 nitrogen and oxygen atoms in total. The Bertz CT molecular complexity index is 1310. The molecule has 0 radical (unpaired) electrons. The smallest absolute Gasteiger partial charge is 0.266 e. The molecule has 3 aromatic carbocycles. The number of Topliss-reactive ketones (excluding diaryl/α,β-unsaturated/α-hetero) is 2. The molecule has 0 saturated carbocycles. The van der Waals surface area contributed by atoms with Crippen molar-refractivity contribution in [2.24, 2.45) is 5.92 Å². The molecule has 0 aromatic heterocycles. The molecule has 6 heteroatoms. The van der Waals surface area contributed by atoms with E-state index in [1.54, 1.807) is 37.3 Å². The SMILES string of the molecule is Cc1ccc(C(=O)C(C)CC(=O)c2ccc3c(c2)C(=O)N(c2ccc(C)c(Cl)c2)C3=O)cc1.